The van der Waals surface area contributed by atoms with Crippen LogP contribution >= 0.6 is 0 Å². The van der Waals surface area contributed by atoms with Crippen molar-refractivity contribution >= 4 is 17.4 Å². The number of hydrogen-bond donors (Lipinski definition) is 2. The van der Waals surface area contributed by atoms with Gasteiger partial charge in [0.2, 0.25) is 0 Å². The van der Waals surface area contributed by atoms with Crippen LogP contribution in [0.5, 0.6) is 5.75 Å². The lowest BCUT2D eigenvalue weighted by atomic mass is 10.2. The van der Waals surface area contributed by atoms with E-state index in [9.17, 15) is 4.79 Å². The fraction of sp³-hybridized carbons (Fsp3) is 0.188. The van der Waals surface area contributed by atoms with Crippen LogP contribution in [-0.2, 0) is 6.54 Å². The lowest BCUT2D eigenvalue weighted by molar-refractivity contribution is 0.258. The van der Waals surface area contributed by atoms with Crippen LogP contribution < -0.4 is 20.7 Å². The molecule has 0 spiro atoms. The van der Waals surface area contributed by atoms with Gasteiger partial charge < -0.3 is 15.8 Å². The smallest absolute Gasteiger partial charge is 0.326 e. The minimum Gasteiger partial charge on any atom is -0.497 e. The SMILES string of the molecule is COc1ccc(NC(=O)N(C)c2cccc(CN)c2)cc1. The highest BCUT2D eigenvalue weighted by molar-refractivity contribution is 6.01. The largest absolute Gasteiger partial charge is 0.497 e. The van der Waals surface area contributed by atoms with E-state index in [1.807, 2.05) is 24.3 Å². The molecule has 5 heteroatoms. The molecule has 0 heterocycles. The molecule has 5 nitrogen and oxygen atoms in total. The van der Waals surface area contributed by atoms with Crippen molar-refractivity contribution in [3.05, 3.63) is 54.1 Å². The van der Waals surface area contributed by atoms with Crippen molar-refractivity contribution in [2.24, 2.45) is 5.73 Å². The number of amides is 2. The van der Waals surface area contributed by atoms with Crippen LogP contribution in [0.4, 0.5) is 16.2 Å². The first-order valence-corrected chi connectivity index (χ1v) is 6.62. The molecule has 0 fully saturated rings. The molecule has 110 valence electrons. The summed E-state index contributed by atoms with van der Waals surface area (Å²) in [4.78, 5) is 13.8. The second kappa shape index (κ2) is 6.76. The standard InChI is InChI=1S/C16H19N3O2/c1-19(14-5-3-4-12(10-14)11-17)16(20)18-13-6-8-15(21-2)9-7-13/h3-10H,11,17H2,1-2H3,(H,18,20). The van der Waals surface area contributed by atoms with Gasteiger partial charge in [0, 0.05) is 25.0 Å². The van der Waals surface area contributed by atoms with E-state index < -0.39 is 0 Å². The maximum atomic E-state index is 12.2. The van der Waals surface area contributed by atoms with Crippen molar-refractivity contribution in [2.45, 2.75) is 6.54 Å². The fourth-order valence-electron chi connectivity index (χ4n) is 1.89. The van der Waals surface area contributed by atoms with Crippen molar-refractivity contribution in [3.63, 3.8) is 0 Å². The molecule has 0 unspecified atom stereocenters. The monoisotopic (exact) mass is 285 g/mol. The minimum atomic E-state index is -0.214. The summed E-state index contributed by atoms with van der Waals surface area (Å²) in [6.07, 6.45) is 0. The van der Waals surface area contributed by atoms with Gasteiger partial charge in [-0.1, -0.05) is 12.1 Å². The van der Waals surface area contributed by atoms with Gasteiger partial charge in [-0.25, -0.2) is 4.79 Å². The molecule has 2 aromatic carbocycles. The number of carbonyl (C=O) groups excluding carboxylic acids is 1. The molecular formula is C16H19N3O2. The molecule has 0 aromatic heterocycles. The first-order chi connectivity index (χ1) is 10.1. The molecule has 3 N–H and O–H groups in total. The van der Waals surface area contributed by atoms with Crippen molar-refractivity contribution in [2.75, 3.05) is 24.4 Å². The van der Waals surface area contributed by atoms with E-state index in [1.54, 1.807) is 43.3 Å². The van der Waals surface area contributed by atoms with Crippen LogP contribution in [0.2, 0.25) is 0 Å². The van der Waals surface area contributed by atoms with Crippen molar-refractivity contribution in [3.8, 4) is 5.75 Å². The van der Waals surface area contributed by atoms with E-state index in [1.165, 1.54) is 0 Å². The molecule has 2 amide bonds. The lowest BCUT2D eigenvalue weighted by Gasteiger charge is -2.19. The van der Waals surface area contributed by atoms with Crippen LogP contribution in [0.15, 0.2) is 48.5 Å². The maximum absolute atomic E-state index is 12.2. The number of ether oxygens (including phenoxy) is 1. The summed E-state index contributed by atoms with van der Waals surface area (Å²) >= 11 is 0. The van der Waals surface area contributed by atoms with E-state index in [0.717, 1.165) is 17.0 Å². The van der Waals surface area contributed by atoms with Gasteiger partial charge in [-0.3, -0.25) is 4.90 Å². The third-order valence-corrected chi connectivity index (χ3v) is 3.18. The van der Waals surface area contributed by atoms with E-state index >= 15 is 0 Å². The van der Waals surface area contributed by atoms with Crippen LogP contribution in [0.3, 0.4) is 0 Å². The van der Waals surface area contributed by atoms with Gasteiger partial charge in [0.15, 0.2) is 0 Å². The number of nitrogens with two attached hydrogens (primary N) is 1. The summed E-state index contributed by atoms with van der Waals surface area (Å²) in [5.41, 5.74) is 8.10. The average molecular weight is 285 g/mol. The zero-order valence-electron chi connectivity index (χ0n) is 12.2. The predicted octanol–water partition coefficient (Wildman–Crippen LogP) is 2.82. The minimum absolute atomic E-state index is 0.214. The number of nitrogens with zero attached hydrogens (tertiary/aromatic N) is 1. The van der Waals surface area contributed by atoms with Crippen LogP contribution in [0.25, 0.3) is 0 Å². The Hall–Kier alpha value is -2.53. The summed E-state index contributed by atoms with van der Waals surface area (Å²) in [5.74, 6) is 0.747. The average Bonchev–Trinajstić information content (AvgIpc) is 2.54. The third kappa shape index (κ3) is 3.73. The van der Waals surface area contributed by atoms with Gasteiger partial charge in [-0.15, -0.1) is 0 Å². The summed E-state index contributed by atoms with van der Waals surface area (Å²) in [5, 5.41) is 2.83. The van der Waals surface area contributed by atoms with Gasteiger partial charge in [-0.05, 0) is 42.0 Å². The molecule has 0 atom stereocenters. The second-order valence-corrected chi connectivity index (χ2v) is 4.59. The Balaban J connectivity index is 2.07. The first kappa shape index (κ1) is 14.9. The molecule has 2 aromatic rings. The Morgan fingerprint density at radius 2 is 1.95 bits per heavy atom. The number of carbonyl (C=O) groups is 1. The van der Waals surface area contributed by atoms with Crippen LogP contribution in [-0.4, -0.2) is 20.2 Å². The van der Waals surface area contributed by atoms with Gasteiger partial charge in [0.25, 0.3) is 0 Å². The quantitative estimate of drug-likeness (QED) is 0.907. The Morgan fingerprint density at radius 3 is 2.57 bits per heavy atom. The van der Waals surface area contributed by atoms with E-state index in [-0.39, 0.29) is 6.03 Å². The third-order valence-electron chi connectivity index (χ3n) is 3.18. The maximum Gasteiger partial charge on any atom is 0.326 e. The zero-order chi connectivity index (χ0) is 15.2. The van der Waals surface area contributed by atoms with Gasteiger partial charge in [0.05, 0.1) is 7.11 Å². The second-order valence-electron chi connectivity index (χ2n) is 4.59. The summed E-state index contributed by atoms with van der Waals surface area (Å²) in [6, 6.07) is 14.5. The van der Waals surface area contributed by atoms with Gasteiger partial charge in [0.1, 0.15) is 5.75 Å². The van der Waals surface area contributed by atoms with Gasteiger partial charge in [-0.2, -0.15) is 0 Å². The van der Waals surface area contributed by atoms with Crippen LogP contribution in [0.1, 0.15) is 5.56 Å². The van der Waals surface area contributed by atoms with Crippen LogP contribution in [0, 0.1) is 0 Å². The molecule has 0 aliphatic carbocycles. The number of anilines is 2. The molecule has 0 saturated carbocycles. The highest BCUT2D eigenvalue weighted by Gasteiger charge is 2.11. The highest BCUT2D eigenvalue weighted by Crippen LogP contribution is 2.18. The topological polar surface area (TPSA) is 67.6 Å². The number of rotatable bonds is 4. The number of methoxy groups -OCH3 is 1. The lowest BCUT2D eigenvalue weighted by Crippen LogP contribution is -2.31. The number of nitrogens with one attached hydrogen (secondary N) is 1. The molecule has 0 saturated heterocycles. The van der Waals surface area contributed by atoms with E-state index in [4.69, 9.17) is 10.5 Å². The Kier molecular flexibility index (Phi) is 4.79. The zero-order valence-corrected chi connectivity index (χ0v) is 12.2. The Morgan fingerprint density at radius 1 is 1.24 bits per heavy atom. The van der Waals surface area contributed by atoms with Crippen molar-refractivity contribution in [1.82, 2.24) is 0 Å². The summed E-state index contributed by atoms with van der Waals surface area (Å²) in [7, 11) is 3.32. The van der Waals surface area contributed by atoms with Crippen molar-refractivity contribution in [1.29, 1.82) is 0 Å². The molecular weight excluding hydrogens is 266 g/mol. The predicted molar refractivity (Wildman–Crippen MR) is 84.7 cm³/mol. The first-order valence-electron chi connectivity index (χ1n) is 6.62. The van der Waals surface area contributed by atoms with Gasteiger partial charge >= 0.3 is 6.03 Å². The molecule has 0 bridgehead atoms. The Bertz CT molecular complexity index is 611. The molecule has 0 radical (unpaired) electrons. The van der Waals surface area contributed by atoms with Crippen molar-refractivity contribution < 1.29 is 9.53 Å². The van der Waals surface area contributed by atoms with E-state index in [0.29, 0.717) is 12.2 Å². The fourth-order valence-corrected chi connectivity index (χ4v) is 1.89. The molecule has 0 aliphatic rings. The molecule has 0 aliphatic heterocycles. The van der Waals surface area contributed by atoms with E-state index in [2.05, 4.69) is 5.32 Å². The normalized spacial score (nSPS) is 10.0. The number of benzene rings is 2. The number of urea groups is 1. The molecule has 21 heavy (non-hydrogen) atoms. The molecule has 2 rings (SSSR count). The summed E-state index contributed by atoms with van der Waals surface area (Å²) in [6.45, 7) is 0.446. The highest BCUT2D eigenvalue weighted by atomic mass is 16.5. The Labute approximate surface area is 124 Å². The number of hydrogen-bond acceptors (Lipinski definition) is 3. The summed E-state index contributed by atoms with van der Waals surface area (Å²) < 4.78 is 5.08.